The number of hydrogen-bond donors (Lipinski definition) is 1. The summed E-state index contributed by atoms with van der Waals surface area (Å²) >= 11 is 0. The Hall–Kier alpha value is 0.154. The van der Waals surface area contributed by atoms with Crippen LogP contribution in [0.15, 0.2) is 0 Å². The summed E-state index contributed by atoms with van der Waals surface area (Å²) in [7, 11) is 0.250. The molecule has 1 saturated heterocycles. The highest BCUT2D eigenvalue weighted by Crippen LogP contribution is 2.38. The maximum absolute atomic E-state index is 11.0. The van der Waals surface area contributed by atoms with Gasteiger partial charge in [-0.15, -0.1) is 0 Å². The largest absolute Gasteiger partial charge is 0.398 e. The monoisotopic (exact) mass is 396 g/mol. The molecule has 0 aromatic rings. The number of methoxy groups -OCH3 is 1. The van der Waals surface area contributed by atoms with Crippen LogP contribution in [0.2, 0.25) is 26.2 Å². The van der Waals surface area contributed by atoms with E-state index in [1.165, 1.54) is 0 Å². The SMILES string of the molecule is CC[C@@H]1C(CO[Si](C)(C)OC)O[C@@](C)(OC)C(O[Si](C)(C)OC)C1O. The molecule has 0 aromatic heterocycles. The van der Waals surface area contributed by atoms with Gasteiger partial charge in [-0.05, 0) is 39.5 Å². The predicted molar refractivity (Wildman–Crippen MR) is 99.9 cm³/mol. The van der Waals surface area contributed by atoms with E-state index in [1.807, 2.05) is 33.1 Å². The fraction of sp³-hybridized carbons (Fsp3) is 1.00. The molecule has 0 bridgehead atoms. The molecule has 1 N–H and O–H groups in total. The van der Waals surface area contributed by atoms with Gasteiger partial charge in [-0.1, -0.05) is 6.92 Å². The molecule has 0 aromatic carbocycles. The molecule has 3 unspecified atom stereocenters. The minimum absolute atomic E-state index is 0.128. The molecule has 1 rings (SSSR count). The van der Waals surface area contributed by atoms with Gasteiger partial charge in [0, 0.05) is 27.2 Å². The summed E-state index contributed by atoms with van der Waals surface area (Å²) in [6.45, 7) is 12.0. The van der Waals surface area contributed by atoms with Crippen LogP contribution in [0, 0.1) is 5.92 Å². The zero-order valence-electron chi connectivity index (χ0n) is 17.1. The first kappa shape index (κ1) is 23.2. The molecule has 1 aliphatic rings. The molecule has 5 atom stereocenters. The van der Waals surface area contributed by atoms with E-state index in [0.29, 0.717) is 6.61 Å². The van der Waals surface area contributed by atoms with Gasteiger partial charge in [0.25, 0.3) is 0 Å². The highest BCUT2D eigenvalue weighted by Gasteiger charge is 2.54. The van der Waals surface area contributed by atoms with Crippen molar-refractivity contribution in [3.63, 3.8) is 0 Å². The van der Waals surface area contributed by atoms with Crippen molar-refractivity contribution in [3.05, 3.63) is 0 Å². The van der Waals surface area contributed by atoms with Crippen molar-refractivity contribution >= 4 is 17.1 Å². The maximum atomic E-state index is 11.0. The summed E-state index contributed by atoms with van der Waals surface area (Å²) in [4.78, 5) is 0. The highest BCUT2D eigenvalue weighted by molar-refractivity contribution is 6.64. The Morgan fingerprint density at radius 2 is 1.60 bits per heavy atom. The second-order valence-corrected chi connectivity index (χ2v) is 14.4. The van der Waals surface area contributed by atoms with Crippen molar-refractivity contribution in [2.24, 2.45) is 5.92 Å². The van der Waals surface area contributed by atoms with Crippen LogP contribution in [0.25, 0.3) is 0 Å². The lowest BCUT2D eigenvalue weighted by Gasteiger charge is -2.51. The van der Waals surface area contributed by atoms with Gasteiger partial charge in [0.2, 0.25) is 0 Å². The summed E-state index contributed by atoms with van der Waals surface area (Å²) in [5.41, 5.74) is 0. The van der Waals surface area contributed by atoms with Crippen LogP contribution in [0.4, 0.5) is 0 Å². The minimum Gasteiger partial charge on any atom is -0.398 e. The van der Waals surface area contributed by atoms with Gasteiger partial charge < -0.3 is 32.3 Å². The lowest BCUT2D eigenvalue weighted by molar-refractivity contribution is -0.339. The topological polar surface area (TPSA) is 75.6 Å². The van der Waals surface area contributed by atoms with Gasteiger partial charge in [-0.2, -0.15) is 0 Å². The fourth-order valence-electron chi connectivity index (χ4n) is 2.91. The van der Waals surface area contributed by atoms with E-state index < -0.39 is 35.1 Å². The average Bonchev–Trinajstić information content (AvgIpc) is 2.57. The van der Waals surface area contributed by atoms with E-state index in [-0.39, 0.29) is 12.0 Å². The summed E-state index contributed by atoms with van der Waals surface area (Å²) < 4.78 is 34.9. The third-order valence-corrected chi connectivity index (χ3v) is 8.64. The first-order valence-corrected chi connectivity index (χ1v) is 14.4. The van der Waals surface area contributed by atoms with E-state index in [1.54, 1.807) is 28.3 Å². The zero-order chi connectivity index (χ0) is 19.5. The maximum Gasteiger partial charge on any atom is 0.331 e. The van der Waals surface area contributed by atoms with Gasteiger partial charge in [-0.3, -0.25) is 0 Å². The third kappa shape index (κ3) is 5.81. The van der Waals surface area contributed by atoms with Crippen LogP contribution in [-0.4, -0.2) is 74.3 Å². The summed E-state index contributed by atoms with van der Waals surface area (Å²) in [5.74, 6) is -1.21. The van der Waals surface area contributed by atoms with Crippen molar-refractivity contribution in [1.29, 1.82) is 0 Å². The van der Waals surface area contributed by atoms with Crippen LogP contribution in [0.5, 0.6) is 0 Å². The first-order chi connectivity index (χ1) is 11.4. The Kier molecular flexibility index (Phi) is 8.25. The van der Waals surface area contributed by atoms with E-state index in [2.05, 4.69) is 0 Å². The zero-order valence-corrected chi connectivity index (χ0v) is 19.1. The standard InChI is InChI=1S/C16H36O7Si2/c1-10-12-13(11-21-24(6,7)19-4)22-16(2,18-3)15(14(12)17)23-25(8,9)20-5/h12-15,17H,10-11H2,1-9H3/t12-,13?,14?,15?,16-/m1/s1. The lowest BCUT2D eigenvalue weighted by Crippen LogP contribution is -2.65. The number of aliphatic hydroxyl groups is 1. The van der Waals surface area contributed by atoms with Crippen molar-refractivity contribution < 1.29 is 32.3 Å². The molecule has 1 fully saturated rings. The van der Waals surface area contributed by atoms with Crippen LogP contribution in [-0.2, 0) is 27.2 Å². The van der Waals surface area contributed by atoms with Gasteiger partial charge in [0.1, 0.15) is 6.10 Å². The van der Waals surface area contributed by atoms with Crippen molar-refractivity contribution in [2.45, 2.75) is 70.6 Å². The van der Waals surface area contributed by atoms with Gasteiger partial charge in [-0.25, -0.2) is 0 Å². The highest BCUT2D eigenvalue weighted by atomic mass is 28.4. The van der Waals surface area contributed by atoms with Gasteiger partial charge >= 0.3 is 17.1 Å². The molecule has 1 aliphatic heterocycles. The van der Waals surface area contributed by atoms with Gasteiger partial charge in [0.15, 0.2) is 5.79 Å². The average molecular weight is 397 g/mol. The molecule has 7 nitrogen and oxygen atoms in total. The Bertz CT molecular complexity index is 419. The molecule has 150 valence electrons. The molecule has 9 heteroatoms. The summed E-state index contributed by atoms with van der Waals surface area (Å²) in [5, 5.41) is 11.0. The molecule has 0 aliphatic carbocycles. The molecule has 0 radical (unpaired) electrons. The quantitative estimate of drug-likeness (QED) is 0.599. The molecule has 0 spiro atoms. The van der Waals surface area contributed by atoms with Crippen molar-refractivity contribution in [3.8, 4) is 0 Å². The Labute approximate surface area is 154 Å². The Balaban J connectivity index is 3.01. The second kappa shape index (κ2) is 8.90. The van der Waals surface area contributed by atoms with Crippen molar-refractivity contribution in [2.75, 3.05) is 27.9 Å². The van der Waals surface area contributed by atoms with Crippen molar-refractivity contribution in [1.82, 2.24) is 0 Å². The normalized spacial score (nSPS) is 34.3. The molecule has 0 saturated carbocycles. The minimum atomic E-state index is -2.39. The van der Waals surface area contributed by atoms with E-state index in [0.717, 1.165) is 6.42 Å². The number of aliphatic hydroxyl groups excluding tert-OH is 1. The Morgan fingerprint density at radius 1 is 1.04 bits per heavy atom. The van der Waals surface area contributed by atoms with Crippen LogP contribution in [0.1, 0.15) is 20.3 Å². The van der Waals surface area contributed by atoms with E-state index in [4.69, 9.17) is 27.2 Å². The summed E-state index contributed by atoms with van der Waals surface area (Å²) in [6.07, 6.45) is -0.947. The fourth-order valence-corrected chi connectivity index (χ4v) is 4.65. The van der Waals surface area contributed by atoms with Crippen LogP contribution in [0.3, 0.4) is 0 Å². The molecule has 1 heterocycles. The number of rotatable bonds is 9. The Morgan fingerprint density at radius 3 is 2.04 bits per heavy atom. The van der Waals surface area contributed by atoms with Crippen LogP contribution < -0.4 is 0 Å². The third-order valence-electron chi connectivity index (χ3n) is 4.99. The number of ether oxygens (including phenoxy) is 2. The van der Waals surface area contributed by atoms with Gasteiger partial charge in [0.05, 0.1) is 18.8 Å². The molecule has 0 amide bonds. The lowest BCUT2D eigenvalue weighted by atomic mass is 9.84. The van der Waals surface area contributed by atoms with E-state index >= 15 is 0 Å². The van der Waals surface area contributed by atoms with E-state index in [9.17, 15) is 5.11 Å². The predicted octanol–water partition coefficient (Wildman–Crippen LogP) is 2.23. The molecular weight excluding hydrogens is 360 g/mol. The first-order valence-electron chi connectivity index (χ1n) is 8.78. The second-order valence-electron chi connectivity index (χ2n) is 7.50. The summed E-state index contributed by atoms with van der Waals surface area (Å²) in [6, 6.07) is 0. The molecule has 25 heavy (non-hydrogen) atoms. The number of hydrogen-bond acceptors (Lipinski definition) is 7. The molecular formula is C16H36O7Si2. The van der Waals surface area contributed by atoms with Crippen LogP contribution >= 0.6 is 0 Å². The smallest absolute Gasteiger partial charge is 0.331 e.